The second-order valence-electron chi connectivity index (χ2n) is 11.6. The molecule has 1 aromatic heterocycles. The number of carbonyl (C=O) groups is 1. The van der Waals surface area contributed by atoms with Crippen LogP contribution in [-0.2, 0) is 19.5 Å². The zero-order valence-corrected chi connectivity index (χ0v) is 23.7. The summed E-state index contributed by atoms with van der Waals surface area (Å²) in [6, 6.07) is 14.9. The molecule has 208 valence electrons. The van der Waals surface area contributed by atoms with Crippen LogP contribution < -0.4 is 10.1 Å². The van der Waals surface area contributed by atoms with Gasteiger partial charge in [0.15, 0.2) is 0 Å². The summed E-state index contributed by atoms with van der Waals surface area (Å²) in [5, 5.41) is 3.11. The Bertz CT molecular complexity index is 1230. The van der Waals surface area contributed by atoms with Crippen molar-refractivity contribution in [3.8, 4) is 5.75 Å². The summed E-state index contributed by atoms with van der Waals surface area (Å²) in [6.07, 6.45) is 11.7. The fraction of sp³-hybridized carbons (Fsp3) is 0.515. The molecule has 3 aromatic rings. The van der Waals surface area contributed by atoms with Gasteiger partial charge in [-0.25, -0.2) is 4.98 Å². The van der Waals surface area contributed by atoms with Gasteiger partial charge in [0.25, 0.3) is 5.91 Å². The van der Waals surface area contributed by atoms with Gasteiger partial charge in [0, 0.05) is 56.5 Å². The third-order valence-electron chi connectivity index (χ3n) is 7.83. The molecule has 2 heterocycles. The molecule has 2 aromatic carbocycles. The van der Waals surface area contributed by atoms with E-state index >= 15 is 0 Å². The van der Waals surface area contributed by atoms with E-state index in [0.29, 0.717) is 24.6 Å². The van der Waals surface area contributed by atoms with Crippen LogP contribution in [0.3, 0.4) is 0 Å². The molecule has 5 rings (SSSR count). The van der Waals surface area contributed by atoms with Crippen LogP contribution in [0.2, 0.25) is 0 Å². The Morgan fingerprint density at radius 3 is 2.82 bits per heavy atom. The number of benzene rings is 2. The van der Waals surface area contributed by atoms with Crippen LogP contribution >= 0.6 is 0 Å². The Balaban J connectivity index is 1.25. The molecule has 1 aliphatic heterocycles. The van der Waals surface area contributed by atoms with E-state index in [9.17, 15) is 4.79 Å². The zero-order valence-electron chi connectivity index (χ0n) is 23.7. The minimum Gasteiger partial charge on any atom is -0.493 e. The van der Waals surface area contributed by atoms with E-state index in [-0.39, 0.29) is 5.91 Å². The minimum atomic E-state index is -0.0311. The summed E-state index contributed by atoms with van der Waals surface area (Å²) in [7, 11) is 0. The van der Waals surface area contributed by atoms with Gasteiger partial charge in [-0.2, -0.15) is 0 Å². The summed E-state index contributed by atoms with van der Waals surface area (Å²) in [4.78, 5) is 20.2. The average Bonchev–Trinajstić information content (AvgIpc) is 3.61. The van der Waals surface area contributed by atoms with Crippen LogP contribution in [0, 0.1) is 5.92 Å². The lowest BCUT2D eigenvalue weighted by Gasteiger charge is -2.23. The number of imidazole rings is 1. The first kappa shape index (κ1) is 27.4. The molecule has 0 atom stereocenters. The Hall–Kier alpha value is -3.12. The van der Waals surface area contributed by atoms with E-state index in [1.807, 2.05) is 30.6 Å². The van der Waals surface area contributed by atoms with Crippen molar-refractivity contribution in [2.45, 2.75) is 77.8 Å². The third-order valence-corrected chi connectivity index (χ3v) is 7.83. The van der Waals surface area contributed by atoms with Gasteiger partial charge in [-0.05, 0) is 85.9 Å². The van der Waals surface area contributed by atoms with Gasteiger partial charge in [0.1, 0.15) is 11.6 Å². The van der Waals surface area contributed by atoms with Gasteiger partial charge < -0.3 is 14.6 Å². The lowest BCUT2D eigenvalue weighted by molar-refractivity contribution is 0.0952. The van der Waals surface area contributed by atoms with Crippen molar-refractivity contribution in [3.63, 3.8) is 0 Å². The summed E-state index contributed by atoms with van der Waals surface area (Å²) >= 11 is 0. The number of aromatic nitrogens is 2. The monoisotopic (exact) mass is 528 g/mol. The molecular formula is C33H44N4O2. The smallest absolute Gasteiger partial charge is 0.251 e. The molecule has 2 bridgehead atoms. The molecule has 0 saturated heterocycles. The van der Waals surface area contributed by atoms with Crippen LogP contribution in [0.5, 0.6) is 5.75 Å². The Kier molecular flexibility index (Phi) is 9.36. The van der Waals surface area contributed by atoms with Crippen LogP contribution in [0.15, 0.2) is 54.9 Å². The lowest BCUT2D eigenvalue weighted by Crippen LogP contribution is -2.27. The van der Waals surface area contributed by atoms with Crippen LogP contribution in [0.25, 0.3) is 0 Å². The summed E-state index contributed by atoms with van der Waals surface area (Å²) in [6.45, 7) is 9.91. The van der Waals surface area contributed by atoms with E-state index in [1.54, 1.807) is 0 Å². The van der Waals surface area contributed by atoms with Crippen molar-refractivity contribution in [1.29, 1.82) is 0 Å². The first-order chi connectivity index (χ1) is 19.0. The number of amides is 1. The predicted octanol–water partition coefficient (Wildman–Crippen LogP) is 6.19. The SMILES string of the molecule is CC(C)c1nccn1CCCNC(=O)c1ccc2c(c1)Cc1cccc(c1)CN(CC1CC1)CCCCCO2. The van der Waals surface area contributed by atoms with E-state index in [2.05, 4.69) is 57.9 Å². The highest BCUT2D eigenvalue weighted by Crippen LogP contribution is 2.31. The number of nitrogens with one attached hydrogen (secondary N) is 1. The lowest BCUT2D eigenvalue weighted by atomic mass is 9.99. The van der Waals surface area contributed by atoms with Gasteiger partial charge in [-0.1, -0.05) is 38.1 Å². The number of ether oxygens (including phenoxy) is 1. The molecule has 2 aliphatic rings. The quantitative estimate of drug-likeness (QED) is 0.354. The van der Waals surface area contributed by atoms with Gasteiger partial charge in [-0.3, -0.25) is 9.69 Å². The molecule has 0 radical (unpaired) electrons. The molecule has 39 heavy (non-hydrogen) atoms. The van der Waals surface area contributed by atoms with Crippen molar-refractivity contribution in [3.05, 3.63) is 82.9 Å². The maximum Gasteiger partial charge on any atom is 0.251 e. The molecule has 6 heteroatoms. The van der Waals surface area contributed by atoms with E-state index in [4.69, 9.17) is 4.74 Å². The molecule has 0 spiro atoms. The Morgan fingerprint density at radius 2 is 1.97 bits per heavy atom. The molecule has 1 saturated carbocycles. The minimum absolute atomic E-state index is 0.0311. The number of aryl methyl sites for hydroxylation is 1. The van der Waals surface area contributed by atoms with Crippen molar-refractivity contribution in [2.75, 3.05) is 26.2 Å². The van der Waals surface area contributed by atoms with Gasteiger partial charge in [0.05, 0.1) is 6.61 Å². The number of hydrogen-bond acceptors (Lipinski definition) is 4. The second-order valence-corrected chi connectivity index (χ2v) is 11.6. The molecule has 0 unspecified atom stereocenters. The van der Waals surface area contributed by atoms with Gasteiger partial charge in [0.2, 0.25) is 0 Å². The second kappa shape index (κ2) is 13.3. The topological polar surface area (TPSA) is 59.4 Å². The Labute approximate surface area is 233 Å². The fourth-order valence-corrected chi connectivity index (χ4v) is 5.58. The third kappa shape index (κ3) is 7.95. The van der Waals surface area contributed by atoms with E-state index < -0.39 is 0 Å². The summed E-state index contributed by atoms with van der Waals surface area (Å²) < 4.78 is 8.44. The first-order valence-corrected chi connectivity index (χ1v) is 14.9. The predicted molar refractivity (Wildman–Crippen MR) is 156 cm³/mol. The normalized spacial score (nSPS) is 16.8. The zero-order chi connectivity index (χ0) is 27.0. The van der Waals surface area contributed by atoms with Crippen LogP contribution in [-0.4, -0.2) is 46.6 Å². The highest BCUT2D eigenvalue weighted by atomic mass is 16.5. The van der Waals surface area contributed by atoms with Gasteiger partial charge >= 0.3 is 0 Å². The van der Waals surface area contributed by atoms with Crippen molar-refractivity contribution in [1.82, 2.24) is 19.8 Å². The fourth-order valence-electron chi connectivity index (χ4n) is 5.58. The van der Waals surface area contributed by atoms with Crippen LogP contribution in [0.4, 0.5) is 0 Å². The number of carbonyl (C=O) groups excluding carboxylic acids is 1. The standard InChI is InChI=1S/C33H44N4O2/c1-25(2)32-34-15-18-37(32)17-7-14-35-33(38)29-12-13-31-30(22-29)21-27-8-6-9-28(20-27)24-36(23-26-10-11-26)16-4-3-5-19-39-31/h6,8-9,12-13,15,18,20,22,25-26H,3-5,7,10-11,14,16-17,19,21,23-24H2,1-2H3,(H,35,38). The molecule has 1 aliphatic carbocycles. The van der Waals surface area contributed by atoms with Gasteiger partial charge in [-0.15, -0.1) is 0 Å². The van der Waals surface area contributed by atoms with Crippen molar-refractivity contribution >= 4 is 5.91 Å². The molecule has 1 amide bonds. The van der Waals surface area contributed by atoms with Crippen molar-refractivity contribution in [2.24, 2.45) is 5.92 Å². The van der Waals surface area contributed by atoms with E-state index in [0.717, 1.165) is 62.0 Å². The number of hydrogen-bond donors (Lipinski definition) is 1. The molecular weight excluding hydrogens is 484 g/mol. The maximum absolute atomic E-state index is 13.1. The number of nitrogens with zero attached hydrogens (tertiary/aromatic N) is 3. The maximum atomic E-state index is 13.1. The molecule has 1 fully saturated rings. The summed E-state index contributed by atoms with van der Waals surface area (Å²) in [5.74, 6) is 3.24. The molecule has 1 N–H and O–H groups in total. The Morgan fingerprint density at radius 1 is 1.10 bits per heavy atom. The highest BCUT2D eigenvalue weighted by Gasteiger charge is 2.24. The highest BCUT2D eigenvalue weighted by molar-refractivity contribution is 5.94. The molecule has 6 nitrogen and oxygen atoms in total. The average molecular weight is 529 g/mol. The van der Waals surface area contributed by atoms with Crippen molar-refractivity contribution < 1.29 is 9.53 Å². The van der Waals surface area contributed by atoms with E-state index in [1.165, 1.54) is 43.4 Å². The number of fused-ring (bicyclic) bond motifs is 3. The number of rotatable bonds is 8. The largest absolute Gasteiger partial charge is 0.493 e. The summed E-state index contributed by atoms with van der Waals surface area (Å²) in [5.41, 5.74) is 4.40. The van der Waals surface area contributed by atoms with Crippen LogP contribution in [0.1, 0.15) is 91.2 Å². The first-order valence-electron chi connectivity index (χ1n) is 14.9.